The number of fused-ring (bicyclic) bond motifs is 1. The van der Waals surface area contributed by atoms with Crippen LogP contribution in [-0.4, -0.2) is 40.8 Å². The zero-order valence-electron chi connectivity index (χ0n) is 14.0. The van der Waals surface area contributed by atoms with Gasteiger partial charge in [0.25, 0.3) is 0 Å². The molecule has 23 heavy (non-hydrogen) atoms. The first-order valence-corrected chi connectivity index (χ1v) is 7.80. The van der Waals surface area contributed by atoms with Crippen molar-refractivity contribution in [2.45, 2.75) is 39.3 Å². The third-order valence-corrected chi connectivity index (χ3v) is 3.62. The van der Waals surface area contributed by atoms with Gasteiger partial charge in [-0.25, -0.2) is 14.8 Å². The number of carbonyl (C=O) groups excluding carboxylic acids is 1. The van der Waals surface area contributed by atoms with Gasteiger partial charge < -0.3 is 15.0 Å². The lowest BCUT2D eigenvalue weighted by atomic mass is 10.1. The van der Waals surface area contributed by atoms with E-state index in [1.807, 2.05) is 52.0 Å². The second kappa shape index (κ2) is 5.68. The minimum atomic E-state index is -0.478. The Morgan fingerprint density at radius 3 is 2.43 bits per heavy atom. The lowest BCUT2D eigenvalue weighted by Gasteiger charge is -2.40. The number of hydrogen-bond acceptors (Lipinski definition) is 5. The summed E-state index contributed by atoms with van der Waals surface area (Å²) in [6.07, 6.45) is -0.372. The predicted molar refractivity (Wildman–Crippen MR) is 89.6 cm³/mol. The molecule has 1 N–H and O–H groups in total. The van der Waals surface area contributed by atoms with E-state index in [0.29, 0.717) is 13.1 Å². The molecular weight excluding hydrogens is 292 g/mol. The van der Waals surface area contributed by atoms with Crippen LogP contribution in [0.2, 0.25) is 0 Å². The number of carbonyl (C=O) groups is 1. The summed E-state index contributed by atoms with van der Waals surface area (Å²) in [4.78, 5) is 23.2. The monoisotopic (exact) mass is 314 g/mol. The molecule has 0 saturated carbocycles. The van der Waals surface area contributed by atoms with Crippen LogP contribution in [0.5, 0.6) is 0 Å². The van der Waals surface area contributed by atoms with Crippen molar-refractivity contribution in [3.05, 3.63) is 30.0 Å². The molecule has 1 aliphatic rings. The number of rotatable bonds is 2. The van der Waals surface area contributed by atoms with Crippen LogP contribution in [0.1, 0.15) is 26.5 Å². The Morgan fingerprint density at radius 2 is 1.83 bits per heavy atom. The second-order valence-electron chi connectivity index (χ2n) is 6.87. The summed E-state index contributed by atoms with van der Waals surface area (Å²) >= 11 is 0. The number of anilines is 1. The van der Waals surface area contributed by atoms with Crippen LogP contribution in [-0.2, 0) is 4.74 Å². The van der Waals surface area contributed by atoms with Crippen LogP contribution in [0.15, 0.2) is 24.3 Å². The molecule has 1 fully saturated rings. The Hall–Kier alpha value is -2.37. The summed E-state index contributed by atoms with van der Waals surface area (Å²) in [5.41, 5.74) is 2.21. The molecule has 1 aromatic carbocycles. The molecule has 6 heteroatoms. The number of amides is 1. The Morgan fingerprint density at radius 1 is 1.22 bits per heavy atom. The summed E-state index contributed by atoms with van der Waals surface area (Å²) in [5, 5.41) is 2.88. The normalized spacial score (nSPS) is 15.4. The van der Waals surface area contributed by atoms with E-state index in [2.05, 4.69) is 20.2 Å². The second-order valence-corrected chi connectivity index (χ2v) is 6.87. The average molecular weight is 314 g/mol. The summed E-state index contributed by atoms with van der Waals surface area (Å²) in [6.45, 7) is 8.96. The van der Waals surface area contributed by atoms with Crippen molar-refractivity contribution in [3.8, 4) is 0 Å². The van der Waals surface area contributed by atoms with Gasteiger partial charge in [0.05, 0.1) is 22.8 Å². The third-order valence-electron chi connectivity index (χ3n) is 3.62. The fraction of sp³-hybridized carbons (Fsp3) is 0.471. The van der Waals surface area contributed by atoms with Crippen molar-refractivity contribution in [2.24, 2.45) is 0 Å². The quantitative estimate of drug-likeness (QED) is 0.923. The number of nitrogens with one attached hydrogen (secondary N) is 1. The molecule has 1 amide bonds. The van der Waals surface area contributed by atoms with Gasteiger partial charge in [-0.1, -0.05) is 12.1 Å². The van der Waals surface area contributed by atoms with Gasteiger partial charge in [0.15, 0.2) is 5.82 Å². The molecule has 1 aromatic heterocycles. The molecule has 0 radical (unpaired) electrons. The zero-order valence-corrected chi connectivity index (χ0v) is 14.0. The summed E-state index contributed by atoms with van der Waals surface area (Å²) < 4.78 is 5.27. The summed E-state index contributed by atoms with van der Waals surface area (Å²) in [5.74, 6) is 0.880. The molecule has 0 unspecified atom stereocenters. The van der Waals surface area contributed by atoms with E-state index in [-0.39, 0.29) is 12.1 Å². The van der Waals surface area contributed by atoms with E-state index >= 15 is 0 Å². The highest BCUT2D eigenvalue weighted by Crippen LogP contribution is 2.24. The van der Waals surface area contributed by atoms with Crippen LogP contribution in [0.3, 0.4) is 0 Å². The Labute approximate surface area is 135 Å². The van der Waals surface area contributed by atoms with E-state index in [4.69, 9.17) is 4.74 Å². The maximum absolute atomic E-state index is 11.8. The van der Waals surface area contributed by atoms with Gasteiger partial charge in [-0.05, 0) is 39.8 Å². The van der Waals surface area contributed by atoms with Crippen molar-refractivity contribution in [1.29, 1.82) is 0 Å². The molecule has 6 nitrogen and oxygen atoms in total. The van der Waals surface area contributed by atoms with Crippen molar-refractivity contribution in [3.63, 3.8) is 0 Å². The lowest BCUT2D eigenvalue weighted by Crippen LogP contribution is -2.60. The van der Waals surface area contributed by atoms with Crippen LogP contribution in [0.4, 0.5) is 10.6 Å². The van der Waals surface area contributed by atoms with E-state index in [9.17, 15) is 4.79 Å². The van der Waals surface area contributed by atoms with Gasteiger partial charge >= 0.3 is 6.09 Å². The molecule has 1 saturated heterocycles. The van der Waals surface area contributed by atoms with Gasteiger partial charge in [0.2, 0.25) is 0 Å². The van der Waals surface area contributed by atoms with Gasteiger partial charge in [-0.2, -0.15) is 0 Å². The molecule has 0 aliphatic carbocycles. The van der Waals surface area contributed by atoms with Crippen molar-refractivity contribution < 1.29 is 9.53 Å². The van der Waals surface area contributed by atoms with Crippen LogP contribution in [0.25, 0.3) is 11.0 Å². The number of nitrogens with zero attached hydrogens (tertiary/aromatic N) is 3. The number of para-hydroxylation sites is 2. The van der Waals surface area contributed by atoms with Crippen molar-refractivity contribution in [1.82, 2.24) is 15.3 Å². The highest BCUT2D eigenvalue weighted by atomic mass is 16.6. The number of aryl methyl sites for hydroxylation is 1. The highest BCUT2D eigenvalue weighted by molar-refractivity contribution is 5.76. The van der Waals surface area contributed by atoms with E-state index in [0.717, 1.165) is 22.5 Å². The first-order chi connectivity index (χ1) is 10.8. The minimum Gasteiger partial charge on any atom is -0.444 e. The first kappa shape index (κ1) is 15.5. The van der Waals surface area contributed by atoms with E-state index < -0.39 is 5.60 Å². The van der Waals surface area contributed by atoms with Gasteiger partial charge in [0.1, 0.15) is 5.60 Å². The number of ether oxygens (including phenoxy) is 1. The van der Waals surface area contributed by atoms with Gasteiger partial charge in [-0.15, -0.1) is 0 Å². The third kappa shape index (κ3) is 3.52. The maximum atomic E-state index is 11.8. The largest absolute Gasteiger partial charge is 0.444 e. The maximum Gasteiger partial charge on any atom is 0.407 e. The number of aromatic nitrogens is 2. The number of benzene rings is 1. The van der Waals surface area contributed by atoms with Crippen LogP contribution < -0.4 is 10.2 Å². The van der Waals surface area contributed by atoms with Crippen LogP contribution in [0, 0.1) is 6.92 Å². The fourth-order valence-electron chi connectivity index (χ4n) is 2.60. The molecule has 3 rings (SSSR count). The summed E-state index contributed by atoms with van der Waals surface area (Å²) in [6, 6.07) is 7.92. The number of alkyl carbamates (subject to hydrolysis) is 1. The highest BCUT2D eigenvalue weighted by Gasteiger charge is 2.31. The zero-order chi connectivity index (χ0) is 16.6. The average Bonchev–Trinajstić information content (AvgIpc) is 2.40. The van der Waals surface area contributed by atoms with Crippen molar-refractivity contribution >= 4 is 22.9 Å². The SMILES string of the molecule is Cc1nc2ccccc2nc1N1CC(NC(=O)OC(C)(C)C)C1. The minimum absolute atomic E-state index is 0.0810. The Balaban J connectivity index is 1.63. The molecule has 1 aliphatic heterocycles. The predicted octanol–water partition coefficient (Wildman–Crippen LogP) is 2.65. The summed E-state index contributed by atoms with van der Waals surface area (Å²) in [7, 11) is 0. The van der Waals surface area contributed by atoms with Crippen LogP contribution >= 0.6 is 0 Å². The standard InChI is InChI=1S/C17H22N4O2/c1-11-15(20-14-8-6-5-7-13(14)18-11)21-9-12(10-21)19-16(22)23-17(2,3)4/h5-8,12H,9-10H2,1-4H3,(H,19,22). The van der Waals surface area contributed by atoms with Crippen molar-refractivity contribution in [2.75, 3.05) is 18.0 Å². The molecule has 0 bridgehead atoms. The smallest absolute Gasteiger partial charge is 0.407 e. The van der Waals surface area contributed by atoms with E-state index in [1.54, 1.807) is 0 Å². The molecule has 2 heterocycles. The number of hydrogen-bond donors (Lipinski definition) is 1. The first-order valence-electron chi connectivity index (χ1n) is 7.80. The molecule has 0 spiro atoms. The molecular formula is C17H22N4O2. The Kier molecular flexibility index (Phi) is 3.83. The molecule has 0 atom stereocenters. The lowest BCUT2D eigenvalue weighted by molar-refractivity contribution is 0.0496. The molecule has 2 aromatic rings. The van der Waals surface area contributed by atoms with Gasteiger partial charge in [-0.3, -0.25) is 0 Å². The fourth-order valence-corrected chi connectivity index (χ4v) is 2.60. The van der Waals surface area contributed by atoms with Gasteiger partial charge in [0, 0.05) is 13.1 Å². The molecule has 122 valence electrons. The topological polar surface area (TPSA) is 67.4 Å². The Bertz CT molecular complexity index is 733. The van der Waals surface area contributed by atoms with E-state index in [1.165, 1.54) is 0 Å².